The standard InChI is InChI=1S/C26H36N2O4/c1-3-4-19-31-23-11-13-24(14-12-23)32-21-26(29)28(18-17-27-15-7-8-16-27)20-22-9-5-6-10-25(22)30-2/h5-6,9-14H,3-4,7-8,15-21H2,1-2H3. The van der Waals surface area contributed by atoms with Gasteiger partial charge in [0.2, 0.25) is 0 Å². The molecule has 2 aromatic rings. The molecule has 0 aliphatic carbocycles. The number of nitrogens with zero attached hydrogens (tertiary/aromatic N) is 2. The molecular weight excluding hydrogens is 404 g/mol. The first-order chi connectivity index (χ1) is 15.7. The molecule has 6 nitrogen and oxygen atoms in total. The Hall–Kier alpha value is -2.73. The Labute approximate surface area is 192 Å². The third kappa shape index (κ3) is 7.45. The maximum absolute atomic E-state index is 13.1. The van der Waals surface area contributed by atoms with Crippen molar-refractivity contribution in [2.75, 3.05) is 46.5 Å². The highest BCUT2D eigenvalue weighted by Gasteiger charge is 2.19. The lowest BCUT2D eigenvalue weighted by Crippen LogP contribution is -2.40. The average Bonchev–Trinajstić information content (AvgIpc) is 3.35. The topological polar surface area (TPSA) is 51.2 Å². The molecule has 3 rings (SSSR count). The van der Waals surface area contributed by atoms with Gasteiger partial charge in [-0.05, 0) is 62.7 Å². The molecule has 1 aliphatic heterocycles. The predicted octanol–water partition coefficient (Wildman–Crippen LogP) is 4.38. The molecule has 1 amide bonds. The highest BCUT2D eigenvalue weighted by molar-refractivity contribution is 5.78. The van der Waals surface area contributed by atoms with Gasteiger partial charge in [-0.1, -0.05) is 31.5 Å². The normalized spacial score (nSPS) is 13.7. The summed E-state index contributed by atoms with van der Waals surface area (Å²) in [6.07, 6.45) is 4.61. The Morgan fingerprint density at radius 2 is 1.69 bits per heavy atom. The molecule has 0 N–H and O–H groups in total. The van der Waals surface area contributed by atoms with E-state index in [4.69, 9.17) is 14.2 Å². The SMILES string of the molecule is CCCCOc1ccc(OCC(=O)N(CCN2CCCC2)Cc2ccccc2OC)cc1. The molecule has 1 fully saturated rings. The lowest BCUT2D eigenvalue weighted by molar-refractivity contribution is -0.134. The molecule has 32 heavy (non-hydrogen) atoms. The number of hydrogen-bond donors (Lipinski definition) is 0. The van der Waals surface area contributed by atoms with Crippen molar-refractivity contribution >= 4 is 5.91 Å². The minimum absolute atomic E-state index is 0.00515. The van der Waals surface area contributed by atoms with Gasteiger partial charge in [0.15, 0.2) is 6.61 Å². The third-order valence-electron chi connectivity index (χ3n) is 5.74. The number of ether oxygens (including phenoxy) is 3. The number of rotatable bonds is 13. The highest BCUT2D eigenvalue weighted by atomic mass is 16.5. The quantitative estimate of drug-likeness (QED) is 0.433. The molecule has 1 aliphatic rings. The number of hydrogen-bond acceptors (Lipinski definition) is 5. The number of unbranched alkanes of at least 4 members (excludes halogenated alkanes) is 1. The van der Waals surface area contributed by atoms with E-state index in [9.17, 15) is 4.79 Å². The van der Waals surface area contributed by atoms with Crippen LogP contribution in [0, 0.1) is 0 Å². The van der Waals surface area contributed by atoms with Crippen LogP contribution in [-0.2, 0) is 11.3 Å². The van der Waals surface area contributed by atoms with Crippen LogP contribution in [-0.4, -0.2) is 62.2 Å². The molecule has 1 heterocycles. The lowest BCUT2D eigenvalue weighted by atomic mass is 10.2. The molecule has 1 saturated heterocycles. The number of likely N-dealkylation sites (tertiary alicyclic amines) is 1. The van der Waals surface area contributed by atoms with E-state index in [0.717, 1.165) is 49.5 Å². The Morgan fingerprint density at radius 1 is 1.00 bits per heavy atom. The molecule has 0 saturated carbocycles. The highest BCUT2D eigenvalue weighted by Crippen LogP contribution is 2.21. The van der Waals surface area contributed by atoms with Crippen LogP contribution < -0.4 is 14.2 Å². The van der Waals surface area contributed by atoms with Crippen LogP contribution in [0.2, 0.25) is 0 Å². The summed E-state index contributed by atoms with van der Waals surface area (Å²) < 4.78 is 17.0. The van der Waals surface area contributed by atoms with Gasteiger partial charge in [-0.2, -0.15) is 0 Å². The van der Waals surface area contributed by atoms with Gasteiger partial charge in [0.05, 0.1) is 13.7 Å². The van der Waals surface area contributed by atoms with Crippen LogP contribution in [0.1, 0.15) is 38.2 Å². The average molecular weight is 441 g/mol. The van der Waals surface area contributed by atoms with E-state index < -0.39 is 0 Å². The van der Waals surface area contributed by atoms with Crippen LogP contribution in [0.3, 0.4) is 0 Å². The molecule has 0 aromatic heterocycles. The smallest absolute Gasteiger partial charge is 0.260 e. The number of methoxy groups -OCH3 is 1. The monoisotopic (exact) mass is 440 g/mol. The van der Waals surface area contributed by atoms with Gasteiger partial charge < -0.3 is 24.0 Å². The van der Waals surface area contributed by atoms with E-state index in [0.29, 0.717) is 25.4 Å². The second kappa shape index (κ2) is 13.0. The van der Waals surface area contributed by atoms with E-state index in [1.165, 1.54) is 12.8 Å². The van der Waals surface area contributed by atoms with E-state index in [1.54, 1.807) is 7.11 Å². The largest absolute Gasteiger partial charge is 0.496 e. The summed E-state index contributed by atoms with van der Waals surface area (Å²) in [4.78, 5) is 17.4. The number of amides is 1. The Morgan fingerprint density at radius 3 is 2.38 bits per heavy atom. The fourth-order valence-electron chi connectivity index (χ4n) is 3.80. The maximum Gasteiger partial charge on any atom is 0.260 e. The van der Waals surface area contributed by atoms with E-state index in [-0.39, 0.29) is 12.5 Å². The third-order valence-corrected chi connectivity index (χ3v) is 5.74. The van der Waals surface area contributed by atoms with Crippen LogP contribution in [0.15, 0.2) is 48.5 Å². The predicted molar refractivity (Wildman–Crippen MR) is 126 cm³/mol. The van der Waals surface area contributed by atoms with Gasteiger partial charge in [0.25, 0.3) is 5.91 Å². The first-order valence-corrected chi connectivity index (χ1v) is 11.7. The van der Waals surface area contributed by atoms with E-state index in [2.05, 4.69) is 11.8 Å². The van der Waals surface area contributed by atoms with Gasteiger partial charge in [-0.15, -0.1) is 0 Å². The number of benzene rings is 2. The molecule has 0 atom stereocenters. The van der Waals surface area contributed by atoms with Crippen molar-refractivity contribution < 1.29 is 19.0 Å². The van der Waals surface area contributed by atoms with Gasteiger partial charge in [0.1, 0.15) is 17.2 Å². The fraction of sp³-hybridized carbons (Fsp3) is 0.500. The zero-order valence-corrected chi connectivity index (χ0v) is 19.4. The van der Waals surface area contributed by atoms with Crippen LogP contribution in [0.5, 0.6) is 17.2 Å². The van der Waals surface area contributed by atoms with Crippen molar-refractivity contribution in [3.05, 3.63) is 54.1 Å². The Bertz CT molecular complexity index is 819. The first kappa shape index (κ1) is 23.9. The number of para-hydroxylation sites is 1. The fourth-order valence-corrected chi connectivity index (χ4v) is 3.80. The van der Waals surface area contributed by atoms with Gasteiger partial charge in [0, 0.05) is 25.2 Å². The second-order valence-electron chi connectivity index (χ2n) is 8.14. The van der Waals surface area contributed by atoms with Crippen molar-refractivity contribution in [3.63, 3.8) is 0 Å². The molecular formula is C26H36N2O4. The molecule has 6 heteroatoms. The molecule has 2 aromatic carbocycles. The molecule has 0 radical (unpaired) electrons. The summed E-state index contributed by atoms with van der Waals surface area (Å²) in [5.41, 5.74) is 0.998. The second-order valence-corrected chi connectivity index (χ2v) is 8.14. The van der Waals surface area contributed by atoms with Crippen molar-refractivity contribution in [2.24, 2.45) is 0 Å². The number of carbonyl (C=O) groups excluding carboxylic acids is 1. The molecule has 174 valence electrons. The zero-order chi connectivity index (χ0) is 22.6. The summed E-state index contributed by atoms with van der Waals surface area (Å²) in [6, 6.07) is 15.3. The van der Waals surface area contributed by atoms with E-state index in [1.807, 2.05) is 53.4 Å². The van der Waals surface area contributed by atoms with Crippen molar-refractivity contribution in [3.8, 4) is 17.2 Å². The summed E-state index contributed by atoms with van der Waals surface area (Å²) in [5.74, 6) is 2.25. The van der Waals surface area contributed by atoms with Crippen molar-refractivity contribution in [1.82, 2.24) is 9.80 Å². The van der Waals surface area contributed by atoms with Crippen molar-refractivity contribution in [1.29, 1.82) is 0 Å². The molecule has 0 unspecified atom stereocenters. The summed E-state index contributed by atoms with van der Waals surface area (Å²) in [7, 11) is 1.66. The van der Waals surface area contributed by atoms with E-state index >= 15 is 0 Å². The van der Waals surface area contributed by atoms with Gasteiger partial charge in [-0.25, -0.2) is 0 Å². The van der Waals surface area contributed by atoms with Crippen LogP contribution >= 0.6 is 0 Å². The Balaban J connectivity index is 1.58. The number of carbonyl (C=O) groups is 1. The summed E-state index contributed by atoms with van der Waals surface area (Å²) >= 11 is 0. The Kier molecular flexibility index (Phi) is 9.69. The maximum atomic E-state index is 13.1. The summed E-state index contributed by atoms with van der Waals surface area (Å²) in [6.45, 7) is 7.13. The minimum Gasteiger partial charge on any atom is -0.496 e. The zero-order valence-electron chi connectivity index (χ0n) is 19.4. The van der Waals surface area contributed by atoms with Crippen LogP contribution in [0.25, 0.3) is 0 Å². The van der Waals surface area contributed by atoms with Gasteiger partial charge >= 0.3 is 0 Å². The van der Waals surface area contributed by atoms with Gasteiger partial charge in [-0.3, -0.25) is 4.79 Å². The molecule has 0 spiro atoms. The van der Waals surface area contributed by atoms with Crippen molar-refractivity contribution in [2.45, 2.75) is 39.2 Å². The minimum atomic E-state index is -0.0293. The first-order valence-electron chi connectivity index (χ1n) is 11.7. The lowest BCUT2D eigenvalue weighted by Gasteiger charge is -2.26. The van der Waals surface area contributed by atoms with Crippen LogP contribution in [0.4, 0.5) is 0 Å². The summed E-state index contributed by atoms with van der Waals surface area (Å²) in [5, 5.41) is 0. The molecule has 0 bridgehead atoms.